The number of hydrogen-bond donors (Lipinski definition) is 2. The lowest BCUT2D eigenvalue weighted by Gasteiger charge is -2.25. The first kappa shape index (κ1) is 30.2. The highest BCUT2D eigenvalue weighted by molar-refractivity contribution is 7.97. The van der Waals surface area contributed by atoms with Crippen LogP contribution >= 0.6 is 0 Å². The van der Waals surface area contributed by atoms with Crippen molar-refractivity contribution in [1.29, 1.82) is 0 Å². The fourth-order valence-electron chi connectivity index (χ4n) is 5.23. The molecule has 43 heavy (non-hydrogen) atoms. The maximum atomic E-state index is 14.5. The lowest BCUT2D eigenvalue weighted by atomic mass is 9.84. The molecule has 1 saturated carbocycles. The molecule has 4 aromatic rings. The molecule has 2 N–H and O–H groups in total. The van der Waals surface area contributed by atoms with E-state index in [9.17, 15) is 35.2 Å². The summed E-state index contributed by atoms with van der Waals surface area (Å²) in [4.78, 5) is 13.6. The van der Waals surface area contributed by atoms with Crippen molar-refractivity contribution in [3.05, 3.63) is 100 Å². The van der Waals surface area contributed by atoms with E-state index in [4.69, 9.17) is 0 Å². The lowest BCUT2D eigenvalue weighted by Crippen LogP contribution is -2.35. The predicted octanol–water partition coefficient (Wildman–Crippen LogP) is 7.13. The van der Waals surface area contributed by atoms with Gasteiger partial charge in [-0.1, -0.05) is 50.1 Å². The molecule has 1 aromatic heterocycles. The number of nitrogens with zero attached hydrogens (tertiary/aromatic N) is 2. The molecule has 1 amide bonds. The highest BCUT2D eigenvalue weighted by atomic mass is 32.2. The zero-order valence-electron chi connectivity index (χ0n) is 22.8. The van der Waals surface area contributed by atoms with Gasteiger partial charge in [-0.2, -0.15) is 5.10 Å². The van der Waals surface area contributed by atoms with Crippen molar-refractivity contribution in [2.75, 3.05) is 9.62 Å². The second-order valence-electron chi connectivity index (χ2n) is 10.4. The van der Waals surface area contributed by atoms with Crippen LogP contribution in [0.4, 0.5) is 33.3 Å². The first-order valence-electron chi connectivity index (χ1n) is 13.5. The number of amides is 1. The Morgan fingerprint density at radius 1 is 0.977 bits per heavy atom. The second kappa shape index (κ2) is 12.2. The summed E-state index contributed by atoms with van der Waals surface area (Å²) in [7, 11) is -5.17. The Labute approximate surface area is 244 Å². The van der Waals surface area contributed by atoms with Crippen LogP contribution in [0.25, 0.3) is 10.9 Å². The van der Waals surface area contributed by atoms with Gasteiger partial charge in [-0.15, -0.1) is 0 Å². The van der Waals surface area contributed by atoms with Crippen LogP contribution in [0.1, 0.15) is 54.7 Å². The summed E-state index contributed by atoms with van der Waals surface area (Å²) in [5.41, 5.74) is -0.682. The van der Waals surface area contributed by atoms with Crippen molar-refractivity contribution in [3.8, 4) is 0 Å². The molecule has 0 unspecified atom stereocenters. The number of carbonyl (C=O) groups excluding carboxylic acids is 1. The van der Waals surface area contributed by atoms with Crippen LogP contribution in [-0.2, 0) is 28.0 Å². The third kappa shape index (κ3) is 5.99. The van der Waals surface area contributed by atoms with Gasteiger partial charge in [0.05, 0.1) is 23.8 Å². The fraction of sp³-hybridized carbons (Fsp3) is 0.267. The van der Waals surface area contributed by atoms with Crippen LogP contribution in [0, 0.1) is 23.3 Å². The summed E-state index contributed by atoms with van der Waals surface area (Å²) < 4.78 is 97.6. The summed E-state index contributed by atoms with van der Waals surface area (Å²) in [5, 5.41) is 7.42. The van der Waals surface area contributed by atoms with Gasteiger partial charge in [-0.25, -0.2) is 30.4 Å². The van der Waals surface area contributed by atoms with E-state index in [2.05, 4.69) is 16.8 Å². The molecule has 0 atom stereocenters. The van der Waals surface area contributed by atoms with Crippen LogP contribution in [0.3, 0.4) is 0 Å². The number of aromatic nitrogens is 2. The van der Waals surface area contributed by atoms with E-state index in [0.29, 0.717) is 22.4 Å². The molecule has 0 radical (unpaired) electrons. The number of H-pyrrole nitrogens is 1. The molecule has 3 aromatic carbocycles. The molecular formula is C30H27F5N4O3S. The monoisotopic (exact) mass is 618 g/mol. The van der Waals surface area contributed by atoms with Crippen LogP contribution in [0.15, 0.2) is 60.1 Å². The molecule has 5 rings (SSSR count). The molecule has 1 aliphatic carbocycles. The van der Waals surface area contributed by atoms with Crippen molar-refractivity contribution >= 4 is 38.2 Å². The van der Waals surface area contributed by atoms with Gasteiger partial charge in [0.2, 0.25) is 0 Å². The SMILES string of the molecule is C=C(C(=O)N(Cc1ccc(C2CCCCC2)cc1)c1ccc2cn[nH]c2c1)S(=O)(=O)Nc1c(F)c(F)c(CF)c(F)c1F. The van der Waals surface area contributed by atoms with Gasteiger partial charge < -0.3 is 4.90 Å². The largest absolute Gasteiger partial charge is 0.303 e. The minimum atomic E-state index is -5.17. The Morgan fingerprint density at radius 3 is 2.26 bits per heavy atom. The van der Waals surface area contributed by atoms with Gasteiger partial charge in [0.1, 0.15) is 17.3 Å². The fourth-order valence-corrected chi connectivity index (χ4v) is 6.14. The zero-order valence-corrected chi connectivity index (χ0v) is 23.6. The molecule has 7 nitrogen and oxygen atoms in total. The topological polar surface area (TPSA) is 95.2 Å². The van der Waals surface area contributed by atoms with Crippen molar-refractivity contribution < 1.29 is 35.2 Å². The molecule has 0 aliphatic heterocycles. The second-order valence-corrected chi connectivity index (χ2v) is 12.1. The number of fused-ring (bicyclic) bond motifs is 1. The Kier molecular flexibility index (Phi) is 8.54. The van der Waals surface area contributed by atoms with Crippen molar-refractivity contribution in [2.45, 2.75) is 51.2 Å². The average molecular weight is 619 g/mol. The number of rotatable bonds is 9. The Balaban J connectivity index is 1.46. The number of hydrogen-bond acceptors (Lipinski definition) is 4. The van der Waals surface area contributed by atoms with Crippen molar-refractivity contribution in [3.63, 3.8) is 0 Å². The summed E-state index contributed by atoms with van der Waals surface area (Å²) in [6, 6.07) is 12.4. The Hall–Kier alpha value is -4.26. The highest BCUT2D eigenvalue weighted by Crippen LogP contribution is 2.34. The number of sulfonamides is 1. The van der Waals surface area contributed by atoms with E-state index in [-0.39, 0.29) is 12.2 Å². The van der Waals surface area contributed by atoms with Gasteiger partial charge in [-0.3, -0.25) is 14.6 Å². The van der Waals surface area contributed by atoms with Gasteiger partial charge >= 0.3 is 0 Å². The van der Waals surface area contributed by atoms with Gasteiger partial charge in [0.25, 0.3) is 15.9 Å². The third-order valence-electron chi connectivity index (χ3n) is 7.67. The number of anilines is 2. The van der Waals surface area contributed by atoms with Crippen LogP contribution in [0.5, 0.6) is 0 Å². The average Bonchev–Trinajstić information content (AvgIpc) is 3.49. The standard InChI is InChI=1S/C30H27F5N4O3S/c1-17(43(41,42)38-29-27(34)25(32)23(14-31)26(33)28(29)35)30(40)39(22-12-11-21-15-36-37-24(21)13-22)16-18-7-9-20(10-8-18)19-5-3-2-4-6-19/h7-13,15,19,38H,1-6,14,16H2,(H,36,37). The first-order chi connectivity index (χ1) is 20.5. The van der Waals surface area contributed by atoms with Gasteiger partial charge in [0, 0.05) is 11.1 Å². The molecule has 13 heteroatoms. The van der Waals surface area contributed by atoms with Crippen LogP contribution in [0.2, 0.25) is 0 Å². The molecule has 0 saturated heterocycles. The summed E-state index contributed by atoms with van der Waals surface area (Å²) in [6.45, 7) is 1.33. The van der Waals surface area contributed by atoms with E-state index in [1.54, 1.807) is 24.4 Å². The molecule has 0 bridgehead atoms. The number of aromatic amines is 1. The van der Waals surface area contributed by atoms with Gasteiger partial charge in [0.15, 0.2) is 23.3 Å². The van der Waals surface area contributed by atoms with E-state index >= 15 is 0 Å². The molecule has 1 aliphatic rings. The molecule has 1 fully saturated rings. The van der Waals surface area contributed by atoms with E-state index < -0.39 is 62.0 Å². The number of halogens is 5. The Bertz CT molecular complexity index is 1770. The lowest BCUT2D eigenvalue weighted by molar-refractivity contribution is -0.114. The maximum absolute atomic E-state index is 14.5. The quantitative estimate of drug-likeness (QED) is 0.119. The number of nitrogens with one attached hydrogen (secondary N) is 2. The first-order valence-corrected chi connectivity index (χ1v) is 15.0. The summed E-state index contributed by atoms with van der Waals surface area (Å²) >= 11 is 0. The predicted molar refractivity (Wildman–Crippen MR) is 152 cm³/mol. The molecular weight excluding hydrogens is 591 g/mol. The van der Waals surface area contributed by atoms with E-state index in [0.717, 1.165) is 30.6 Å². The third-order valence-corrected chi connectivity index (χ3v) is 8.96. The molecule has 1 heterocycles. The summed E-state index contributed by atoms with van der Waals surface area (Å²) in [6.07, 6.45) is 7.25. The van der Waals surface area contributed by atoms with Crippen LogP contribution < -0.4 is 9.62 Å². The van der Waals surface area contributed by atoms with Crippen LogP contribution in [-0.4, -0.2) is 24.5 Å². The van der Waals surface area contributed by atoms with E-state index in [1.807, 2.05) is 24.3 Å². The molecule has 0 spiro atoms. The van der Waals surface area contributed by atoms with Crippen molar-refractivity contribution in [2.24, 2.45) is 0 Å². The minimum absolute atomic E-state index is 0.116. The number of benzene rings is 3. The summed E-state index contributed by atoms with van der Waals surface area (Å²) in [5.74, 6) is -9.30. The normalized spacial score (nSPS) is 14.2. The molecule has 226 valence electrons. The number of carbonyl (C=O) groups is 1. The van der Waals surface area contributed by atoms with Gasteiger partial charge in [-0.05, 0) is 48.1 Å². The highest BCUT2D eigenvalue weighted by Gasteiger charge is 2.33. The smallest absolute Gasteiger partial charge is 0.271 e. The number of alkyl halides is 1. The van der Waals surface area contributed by atoms with Crippen molar-refractivity contribution in [1.82, 2.24) is 10.2 Å². The minimum Gasteiger partial charge on any atom is -0.303 e. The Morgan fingerprint density at radius 2 is 1.63 bits per heavy atom. The van der Waals surface area contributed by atoms with E-state index in [1.165, 1.54) is 16.7 Å². The zero-order chi connectivity index (χ0) is 30.9. The maximum Gasteiger partial charge on any atom is 0.271 e.